The smallest absolute Gasteiger partial charge is 0.245 e. The SMILES string of the molecule is CC(C)[C@@H](C(=O)N1CCCC1)n1cnc2cc(F)c(F)cc21. The van der Waals surface area contributed by atoms with Crippen molar-refractivity contribution in [1.82, 2.24) is 14.5 Å². The van der Waals surface area contributed by atoms with E-state index in [1.165, 1.54) is 6.33 Å². The van der Waals surface area contributed by atoms with Crippen LogP contribution in [-0.2, 0) is 4.79 Å². The van der Waals surface area contributed by atoms with E-state index in [0.717, 1.165) is 38.1 Å². The normalized spacial score (nSPS) is 16.7. The first-order valence-corrected chi connectivity index (χ1v) is 7.59. The van der Waals surface area contributed by atoms with E-state index in [0.29, 0.717) is 11.0 Å². The third-order valence-corrected chi connectivity index (χ3v) is 4.22. The van der Waals surface area contributed by atoms with Crippen LogP contribution >= 0.6 is 0 Å². The summed E-state index contributed by atoms with van der Waals surface area (Å²) >= 11 is 0. The van der Waals surface area contributed by atoms with Gasteiger partial charge in [0.15, 0.2) is 11.6 Å². The molecular weight excluding hydrogens is 288 g/mol. The van der Waals surface area contributed by atoms with Crippen LogP contribution in [0.5, 0.6) is 0 Å². The topological polar surface area (TPSA) is 38.1 Å². The Morgan fingerprint density at radius 3 is 2.45 bits per heavy atom. The zero-order valence-corrected chi connectivity index (χ0v) is 12.7. The number of aromatic nitrogens is 2. The highest BCUT2D eigenvalue weighted by molar-refractivity contribution is 5.84. The van der Waals surface area contributed by atoms with Crippen LogP contribution < -0.4 is 0 Å². The van der Waals surface area contributed by atoms with Gasteiger partial charge in [-0.25, -0.2) is 13.8 Å². The number of hydrogen-bond acceptors (Lipinski definition) is 2. The fourth-order valence-electron chi connectivity index (χ4n) is 3.09. The monoisotopic (exact) mass is 307 g/mol. The third kappa shape index (κ3) is 2.46. The van der Waals surface area contributed by atoms with Crippen molar-refractivity contribution in [2.24, 2.45) is 5.92 Å². The van der Waals surface area contributed by atoms with Crippen LogP contribution in [0.1, 0.15) is 32.7 Å². The van der Waals surface area contributed by atoms with E-state index in [1.807, 2.05) is 18.7 Å². The highest BCUT2D eigenvalue weighted by Gasteiger charge is 2.31. The zero-order valence-electron chi connectivity index (χ0n) is 12.7. The number of amides is 1. The van der Waals surface area contributed by atoms with Gasteiger partial charge >= 0.3 is 0 Å². The molecular formula is C16H19F2N3O. The predicted octanol–water partition coefficient (Wildman–Crippen LogP) is 3.13. The maximum absolute atomic E-state index is 13.6. The van der Waals surface area contributed by atoms with Crippen molar-refractivity contribution in [3.63, 3.8) is 0 Å². The second-order valence-electron chi connectivity index (χ2n) is 6.13. The van der Waals surface area contributed by atoms with Crippen molar-refractivity contribution in [1.29, 1.82) is 0 Å². The van der Waals surface area contributed by atoms with E-state index in [1.54, 1.807) is 4.57 Å². The molecule has 0 N–H and O–H groups in total. The van der Waals surface area contributed by atoms with Gasteiger partial charge in [0, 0.05) is 25.2 Å². The van der Waals surface area contributed by atoms with Crippen molar-refractivity contribution in [2.75, 3.05) is 13.1 Å². The quantitative estimate of drug-likeness (QED) is 0.874. The molecule has 1 fully saturated rings. The average molecular weight is 307 g/mol. The number of halogens is 2. The van der Waals surface area contributed by atoms with Crippen molar-refractivity contribution in [3.8, 4) is 0 Å². The standard InChI is InChI=1S/C16H19F2N3O/c1-10(2)15(16(22)20-5-3-4-6-20)21-9-19-13-7-11(17)12(18)8-14(13)21/h7-10,15H,3-6H2,1-2H3/t15-/m0/s1. The van der Waals surface area contributed by atoms with E-state index < -0.39 is 17.7 Å². The number of likely N-dealkylation sites (tertiary alicyclic amines) is 1. The van der Waals surface area contributed by atoms with Gasteiger partial charge in [-0.3, -0.25) is 4.79 Å². The fourth-order valence-corrected chi connectivity index (χ4v) is 3.09. The van der Waals surface area contributed by atoms with Crippen LogP contribution in [0, 0.1) is 17.6 Å². The van der Waals surface area contributed by atoms with Gasteiger partial charge < -0.3 is 9.47 Å². The first-order valence-electron chi connectivity index (χ1n) is 7.59. The predicted molar refractivity (Wildman–Crippen MR) is 79.3 cm³/mol. The minimum atomic E-state index is -0.926. The van der Waals surface area contributed by atoms with Gasteiger partial charge in [-0.05, 0) is 18.8 Å². The number of fused-ring (bicyclic) bond motifs is 1. The van der Waals surface area contributed by atoms with Crippen LogP contribution in [0.25, 0.3) is 11.0 Å². The van der Waals surface area contributed by atoms with Gasteiger partial charge in [0.05, 0.1) is 17.4 Å². The minimum absolute atomic E-state index is 0.0246. The molecule has 4 nitrogen and oxygen atoms in total. The molecule has 2 aromatic rings. The van der Waals surface area contributed by atoms with Crippen LogP contribution in [0.3, 0.4) is 0 Å². The van der Waals surface area contributed by atoms with Gasteiger partial charge in [0.1, 0.15) is 6.04 Å². The summed E-state index contributed by atoms with van der Waals surface area (Å²) in [5, 5.41) is 0. The molecule has 0 saturated carbocycles. The molecule has 1 amide bonds. The number of rotatable bonds is 3. The Morgan fingerprint density at radius 1 is 1.18 bits per heavy atom. The summed E-state index contributed by atoms with van der Waals surface area (Å²) in [6, 6.07) is 1.73. The van der Waals surface area contributed by atoms with Gasteiger partial charge in [-0.15, -0.1) is 0 Å². The molecule has 0 bridgehead atoms. The summed E-state index contributed by atoms with van der Waals surface area (Å²) in [6.07, 6.45) is 3.53. The maximum Gasteiger partial charge on any atom is 0.245 e. The lowest BCUT2D eigenvalue weighted by atomic mass is 10.0. The maximum atomic E-state index is 13.6. The Kier molecular flexibility index (Phi) is 3.85. The van der Waals surface area contributed by atoms with Gasteiger partial charge in [0.2, 0.25) is 5.91 Å². The third-order valence-electron chi connectivity index (χ3n) is 4.22. The number of carbonyl (C=O) groups excluding carboxylic acids is 1. The summed E-state index contributed by atoms with van der Waals surface area (Å²) in [5.74, 6) is -1.80. The Morgan fingerprint density at radius 2 is 1.82 bits per heavy atom. The Hall–Kier alpha value is -1.98. The molecule has 1 aliphatic heterocycles. The molecule has 118 valence electrons. The second-order valence-corrected chi connectivity index (χ2v) is 6.13. The van der Waals surface area contributed by atoms with E-state index in [9.17, 15) is 13.6 Å². The molecule has 1 atom stereocenters. The average Bonchev–Trinajstić information content (AvgIpc) is 3.10. The summed E-state index contributed by atoms with van der Waals surface area (Å²) in [7, 11) is 0. The van der Waals surface area contributed by atoms with Crippen LogP contribution in [0.15, 0.2) is 18.5 Å². The number of hydrogen-bond donors (Lipinski definition) is 0. The number of carbonyl (C=O) groups is 1. The van der Waals surface area contributed by atoms with Crippen molar-refractivity contribution in [3.05, 3.63) is 30.1 Å². The van der Waals surface area contributed by atoms with Gasteiger partial charge in [0.25, 0.3) is 0 Å². The molecule has 22 heavy (non-hydrogen) atoms. The molecule has 1 aliphatic rings. The molecule has 0 spiro atoms. The van der Waals surface area contributed by atoms with Crippen LogP contribution in [0.4, 0.5) is 8.78 Å². The van der Waals surface area contributed by atoms with Crippen molar-refractivity contribution >= 4 is 16.9 Å². The molecule has 0 unspecified atom stereocenters. The van der Waals surface area contributed by atoms with Crippen molar-refractivity contribution < 1.29 is 13.6 Å². The lowest BCUT2D eigenvalue weighted by Crippen LogP contribution is -2.37. The van der Waals surface area contributed by atoms with E-state index in [2.05, 4.69) is 4.98 Å². The highest BCUT2D eigenvalue weighted by atomic mass is 19.2. The minimum Gasteiger partial charge on any atom is -0.341 e. The zero-order chi connectivity index (χ0) is 15.9. The second kappa shape index (κ2) is 5.66. The first kappa shape index (κ1) is 14.9. The Balaban J connectivity index is 2.05. The largest absolute Gasteiger partial charge is 0.341 e. The summed E-state index contributed by atoms with van der Waals surface area (Å²) in [6.45, 7) is 5.42. The summed E-state index contributed by atoms with van der Waals surface area (Å²) in [4.78, 5) is 18.8. The van der Waals surface area contributed by atoms with E-state index in [-0.39, 0.29) is 11.8 Å². The molecule has 2 heterocycles. The van der Waals surface area contributed by atoms with Gasteiger partial charge in [-0.1, -0.05) is 13.8 Å². The molecule has 3 rings (SSSR count). The Bertz CT molecular complexity index is 705. The van der Waals surface area contributed by atoms with E-state index >= 15 is 0 Å². The summed E-state index contributed by atoms with van der Waals surface area (Å²) < 4.78 is 28.6. The molecule has 0 aliphatic carbocycles. The number of imidazole rings is 1. The molecule has 6 heteroatoms. The molecule has 1 aromatic heterocycles. The number of nitrogens with zero attached hydrogens (tertiary/aromatic N) is 3. The van der Waals surface area contributed by atoms with Crippen molar-refractivity contribution in [2.45, 2.75) is 32.7 Å². The highest BCUT2D eigenvalue weighted by Crippen LogP contribution is 2.28. The van der Waals surface area contributed by atoms with Gasteiger partial charge in [-0.2, -0.15) is 0 Å². The Labute approximate surface area is 127 Å². The van der Waals surface area contributed by atoms with Crippen LogP contribution in [-0.4, -0.2) is 33.4 Å². The molecule has 0 radical (unpaired) electrons. The fraction of sp³-hybridized carbons (Fsp3) is 0.500. The lowest BCUT2D eigenvalue weighted by Gasteiger charge is -2.27. The van der Waals surface area contributed by atoms with E-state index in [4.69, 9.17) is 0 Å². The van der Waals surface area contributed by atoms with Crippen LogP contribution in [0.2, 0.25) is 0 Å². The summed E-state index contributed by atoms with van der Waals surface area (Å²) in [5.41, 5.74) is 0.809. The lowest BCUT2D eigenvalue weighted by molar-refractivity contribution is -0.134. The molecule has 1 aromatic carbocycles. The number of benzene rings is 1. The molecule has 1 saturated heterocycles. The first-order chi connectivity index (χ1) is 10.5.